The van der Waals surface area contributed by atoms with Crippen LogP contribution in [0.4, 0.5) is 0 Å². The van der Waals surface area contributed by atoms with Gasteiger partial charge in [0.2, 0.25) is 0 Å². The first-order valence-electron chi connectivity index (χ1n) is 14.9. The summed E-state index contributed by atoms with van der Waals surface area (Å²) in [5, 5.41) is 0.342. The van der Waals surface area contributed by atoms with E-state index in [1.54, 1.807) is 12.2 Å². The fraction of sp³-hybridized carbons (Fsp3) is 0.793. The first-order valence-corrected chi connectivity index (χ1v) is 17.5. The molecule has 0 radical (unpaired) electrons. The quantitative estimate of drug-likeness (QED) is 0.0294. The third kappa shape index (κ3) is 17.6. The van der Waals surface area contributed by atoms with E-state index in [9.17, 15) is 19.0 Å². The van der Waals surface area contributed by atoms with Crippen LogP contribution in [0.5, 0.6) is 0 Å². The molecule has 2 aliphatic heterocycles. The molecule has 2 heterocycles. The van der Waals surface area contributed by atoms with Crippen LogP contribution in [-0.2, 0) is 42.1 Å². The van der Waals surface area contributed by atoms with E-state index in [0.29, 0.717) is 17.5 Å². The Morgan fingerprint density at radius 1 is 0.829 bits per heavy atom. The number of phosphoric ester groups is 1. The van der Waals surface area contributed by atoms with Gasteiger partial charge in [-0.25, -0.2) is 4.57 Å². The Hall–Kier alpha value is -1.07. The number of rotatable bonds is 25. The standard InChI is InChI=1S/C29H48BrO10P/c1-3-5-7-13-24-26(39-24)15-9-11-17-28(31)35-21-23(22-37-41(33,34)36-20-19-30)38-29(32)18-12-10-16-27-25(40-27)14-8-6-4-2/h9-12,23-27H,3-8,13-22H2,1-2H3,(H,33,34). The van der Waals surface area contributed by atoms with Crippen LogP contribution in [0.1, 0.15) is 90.9 Å². The second-order valence-electron chi connectivity index (χ2n) is 10.3. The van der Waals surface area contributed by atoms with Crippen molar-refractivity contribution in [3.8, 4) is 0 Å². The Morgan fingerprint density at radius 2 is 1.39 bits per heavy atom. The fourth-order valence-corrected chi connectivity index (χ4v) is 5.41. The van der Waals surface area contributed by atoms with E-state index < -0.39 is 32.5 Å². The number of carbonyl (C=O) groups is 2. The molecule has 236 valence electrons. The Labute approximate surface area is 253 Å². The lowest BCUT2D eigenvalue weighted by molar-refractivity contribution is -0.160. The minimum Gasteiger partial charge on any atom is -0.461 e. The van der Waals surface area contributed by atoms with Gasteiger partial charge in [0.25, 0.3) is 0 Å². The van der Waals surface area contributed by atoms with Crippen molar-refractivity contribution in [1.82, 2.24) is 0 Å². The van der Waals surface area contributed by atoms with Gasteiger partial charge in [0.1, 0.15) is 6.61 Å². The maximum absolute atomic E-state index is 12.4. The number of epoxide rings is 2. The highest BCUT2D eigenvalue weighted by Crippen LogP contribution is 2.43. The molecule has 0 bridgehead atoms. The van der Waals surface area contributed by atoms with Crippen LogP contribution >= 0.6 is 23.8 Å². The number of halogens is 1. The van der Waals surface area contributed by atoms with E-state index in [1.165, 1.54) is 32.1 Å². The summed E-state index contributed by atoms with van der Waals surface area (Å²) in [6, 6.07) is 0. The van der Waals surface area contributed by atoms with E-state index in [0.717, 1.165) is 32.1 Å². The zero-order valence-electron chi connectivity index (χ0n) is 24.5. The van der Waals surface area contributed by atoms with Gasteiger partial charge >= 0.3 is 19.8 Å². The number of alkyl halides is 1. The van der Waals surface area contributed by atoms with E-state index in [4.69, 9.17) is 28.0 Å². The lowest BCUT2D eigenvalue weighted by Crippen LogP contribution is -2.29. The second-order valence-corrected chi connectivity index (χ2v) is 12.6. The van der Waals surface area contributed by atoms with Gasteiger partial charge in [0.05, 0.1) is 50.5 Å². The third-order valence-corrected chi connectivity index (χ3v) is 7.99. The molecular weight excluding hydrogens is 619 g/mol. The van der Waals surface area contributed by atoms with Crippen molar-refractivity contribution in [3.63, 3.8) is 0 Å². The molecule has 1 N–H and O–H groups in total. The number of phosphoric acid groups is 1. The smallest absolute Gasteiger partial charge is 0.461 e. The number of esters is 2. The van der Waals surface area contributed by atoms with Gasteiger partial charge in [0.15, 0.2) is 6.10 Å². The number of hydrogen-bond acceptors (Lipinski definition) is 9. The van der Waals surface area contributed by atoms with Gasteiger partial charge in [-0.15, -0.1) is 0 Å². The second kappa shape index (κ2) is 20.8. The van der Waals surface area contributed by atoms with Gasteiger partial charge in [0, 0.05) is 5.33 Å². The minimum atomic E-state index is -4.35. The van der Waals surface area contributed by atoms with E-state index in [1.807, 2.05) is 12.2 Å². The van der Waals surface area contributed by atoms with Crippen LogP contribution in [0.25, 0.3) is 0 Å². The molecule has 41 heavy (non-hydrogen) atoms. The van der Waals surface area contributed by atoms with Crippen molar-refractivity contribution in [2.75, 3.05) is 25.2 Å². The average molecular weight is 668 g/mol. The molecule has 0 aliphatic carbocycles. The normalized spacial score (nSPS) is 23.9. The van der Waals surface area contributed by atoms with Gasteiger partial charge in [-0.1, -0.05) is 92.6 Å². The number of unbranched alkanes of at least 4 members (excludes halogenated alkanes) is 4. The minimum absolute atomic E-state index is 0.0000454. The Balaban J connectivity index is 1.71. The van der Waals surface area contributed by atoms with Gasteiger partial charge in [-0.05, 0) is 25.7 Å². The molecule has 0 aromatic heterocycles. The van der Waals surface area contributed by atoms with Gasteiger partial charge in [-0.2, -0.15) is 0 Å². The van der Waals surface area contributed by atoms with Crippen LogP contribution < -0.4 is 0 Å². The van der Waals surface area contributed by atoms with Crippen LogP contribution in [0.3, 0.4) is 0 Å². The SMILES string of the molecule is CCCCCC1OC1CC=CCC(=O)OCC(COP(=O)(O)OCCBr)OC(=O)CC=CCC1OC1CCCCC. The molecule has 2 aliphatic rings. The molecule has 0 amide bonds. The maximum atomic E-state index is 12.4. The first-order chi connectivity index (χ1) is 19.8. The predicted molar refractivity (Wildman–Crippen MR) is 159 cm³/mol. The molecular formula is C29H48BrO10P. The van der Waals surface area contributed by atoms with Crippen LogP contribution in [-0.4, -0.2) is 72.5 Å². The van der Waals surface area contributed by atoms with E-state index in [-0.39, 0.29) is 38.3 Å². The number of carbonyl (C=O) groups excluding carboxylic acids is 2. The molecule has 12 heteroatoms. The summed E-state index contributed by atoms with van der Waals surface area (Å²) < 4.78 is 43.7. The van der Waals surface area contributed by atoms with Crippen molar-refractivity contribution < 1.29 is 47.0 Å². The van der Waals surface area contributed by atoms with Gasteiger partial charge < -0.3 is 23.8 Å². The molecule has 2 rings (SSSR count). The fourth-order valence-electron chi connectivity index (χ4n) is 4.25. The highest BCUT2D eigenvalue weighted by molar-refractivity contribution is 9.09. The Morgan fingerprint density at radius 3 is 1.93 bits per heavy atom. The summed E-state index contributed by atoms with van der Waals surface area (Å²) in [5.74, 6) is -1.09. The summed E-state index contributed by atoms with van der Waals surface area (Å²) in [4.78, 5) is 34.4. The molecule has 0 saturated carbocycles. The van der Waals surface area contributed by atoms with E-state index in [2.05, 4.69) is 29.8 Å². The lowest BCUT2D eigenvalue weighted by Gasteiger charge is -2.19. The van der Waals surface area contributed by atoms with Crippen LogP contribution in [0.15, 0.2) is 24.3 Å². The predicted octanol–water partition coefficient (Wildman–Crippen LogP) is 6.34. The topological polar surface area (TPSA) is 133 Å². The van der Waals surface area contributed by atoms with Crippen molar-refractivity contribution >= 4 is 35.7 Å². The summed E-state index contributed by atoms with van der Waals surface area (Å²) in [5.41, 5.74) is 0. The Bertz CT molecular complexity index is 867. The number of hydrogen-bond donors (Lipinski definition) is 1. The zero-order valence-corrected chi connectivity index (χ0v) is 26.9. The largest absolute Gasteiger partial charge is 0.472 e. The molecule has 10 nitrogen and oxygen atoms in total. The molecule has 0 aromatic carbocycles. The Kier molecular flexibility index (Phi) is 18.3. The highest BCUT2D eigenvalue weighted by Gasteiger charge is 2.37. The summed E-state index contributed by atoms with van der Waals surface area (Å²) in [7, 11) is -4.35. The monoisotopic (exact) mass is 666 g/mol. The van der Waals surface area contributed by atoms with Crippen LogP contribution in [0, 0.1) is 0 Å². The van der Waals surface area contributed by atoms with Gasteiger partial charge in [-0.3, -0.25) is 18.6 Å². The third-order valence-electron chi connectivity index (χ3n) is 6.68. The summed E-state index contributed by atoms with van der Waals surface area (Å²) >= 11 is 3.10. The molecule has 2 saturated heterocycles. The van der Waals surface area contributed by atoms with Crippen molar-refractivity contribution in [2.24, 2.45) is 0 Å². The maximum Gasteiger partial charge on any atom is 0.472 e. The lowest BCUT2D eigenvalue weighted by atomic mass is 10.1. The van der Waals surface area contributed by atoms with Crippen molar-refractivity contribution in [1.29, 1.82) is 0 Å². The molecule has 6 unspecified atom stereocenters. The average Bonchev–Trinajstić information content (AvgIpc) is 3.87. The van der Waals surface area contributed by atoms with Crippen molar-refractivity contribution in [2.45, 2.75) is 121 Å². The summed E-state index contributed by atoms with van der Waals surface area (Å²) in [6.45, 7) is 3.51. The molecule has 2 fully saturated rings. The van der Waals surface area contributed by atoms with Crippen LogP contribution in [0.2, 0.25) is 0 Å². The highest BCUT2D eigenvalue weighted by atomic mass is 79.9. The summed E-state index contributed by atoms with van der Waals surface area (Å²) in [6.07, 6.45) is 18.0. The van der Waals surface area contributed by atoms with Crippen molar-refractivity contribution in [3.05, 3.63) is 24.3 Å². The molecule has 0 spiro atoms. The number of ether oxygens (including phenoxy) is 4. The first kappa shape index (κ1) is 36.1. The zero-order chi connectivity index (χ0) is 29.9. The molecule has 0 aromatic rings. The molecule has 6 atom stereocenters. The van der Waals surface area contributed by atoms with E-state index >= 15 is 0 Å².